The minimum absolute atomic E-state index is 0.143. The summed E-state index contributed by atoms with van der Waals surface area (Å²) in [5, 5.41) is 0.575. The van der Waals surface area contributed by atoms with E-state index in [0.29, 0.717) is 28.0 Å². The van der Waals surface area contributed by atoms with Crippen molar-refractivity contribution >= 4 is 34.8 Å². The van der Waals surface area contributed by atoms with Crippen LogP contribution in [0.3, 0.4) is 0 Å². The van der Waals surface area contributed by atoms with Crippen LogP contribution >= 0.6 is 22.9 Å². The average molecular weight is 430 g/mol. The molecule has 29 heavy (non-hydrogen) atoms. The zero-order chi connectivity index (χ0) is 20.2. The fourth-order valence-electron chi connectivity index (χ4n) is 3.28. The summed E-state index contributed by atoms with van der Waals surface area (Å²) in [5.41, 5.74) is 6.96. The highest BCUT2D eigenvalue weighted by Gasteiger charge is 2.18. The van der Waals surface area contributed by atoms with Gasteiger partial charge >= 0.3 is 0 Å². The van der Waals surface area contributed by atoms with Gasteiger partial charge in [-0.1, -0.05) is 23.7 Å². The van der Waals surface area contributed by atoms with E-state index >= 15 is 0 Å². The van der Waals surface area contributed by atoms with E-state index in [1.54, 1.807) is 12.3 Å². The predicted molar refractivity (Wildman–Crippen MR) is 112 cm³/mol. The lowest BCUT2D eigenvalue weighted by Crippen LogP contribution is -2.41. The van der Waals surface area contributed by atoms with Gasteiger partial charge in [-0.2, -0.15) is 0 Å². The number of carbonyl (C=O) groups excluding carboxylic acids is 2. The summed E-state index contributed by atoms with van der Waals surface area (Å²) in [7, 11) is 0. The van der Waals surface area contributed by atoms with Crippen LogP contribution < -0.4 is 10.9 Å². The van der Waals surface area contributed by atoms with E-state index in [4.69, 9.17) is 16.0 Å². The first-order chi connectivity index (χ1) is 14.1. The number of hydrogen-bond acceptors (Lipinski definition) is 5. The predicted octanol–water partition coefficient (Wildman–Crippen LogP) is 4.33. The summed E-state index contributed by atoms with van der Waals surface area (Å²) in [5.74, 6) is 0.403. The number of aromatic nitrogens is 1. The normalized spacial score (nSPS) is 13.0. The minimum Gasteiger partial charge on any atom is -0.441 e. The van der Waals surface area contributed by atoms with Gasteiger partial charge in [0.1, 0.15) is 0 Å². The number of benzene rings is 1. The Morgan fingerprint density at radius 3 is 2.83 bits per heavy atom. The van der Waals surface area contributed by atoms with E-state index in [1.807, 2.05) is 24.3 Å². The zero-order valence-corrected chi connectivity index (χ0v) is 17.2. The second-order valence-corrected chi connectivity index (χ2v) is 8.41. The molecular formula is C21H20ClN3O3S. The Bertz CT molecular complexity index is 1020. The molecule has 0 atom stereocenters. The quantitative estimate of drug-likeness (QED) is 0.591. The molecule has 0 saturated heterocycles. The molecule has 0 aliphatic heterocycles. The third-order valence-electron chi connectivity index (χ3n) is 4.79. The van der Waals surface area contributed by atoms with Gasteiger partial charge < -0.3 is 4.42 Å². The molecule has 0 saturated carbocycles. The third kappa shape index (κ3) is 4.68. The average Bonchev–Trinajstić information content (AvgIpc) is 3.38. The van der Waals surface area contributed by atoms with Gasteiger partial charge in [-0.3, -0.25) is 20.4 Å². The molecule has 1 aliphatic carbocycles. The standard InChI is InChI=1S/C21H20ClN3O3S/c22-15-7-3-2-6-14(15)16-12-23-20(28-16)10-9-19(26)24-25-21(27)18-11-13-5-1-4-8-17(13)29-18/h2-3,6-7,11-12H,1,4-5,8-10H2,(H,24,26)(H,25,27). The van der Waals surface area contributed by atoms with Crippen LogP contribution in [0, 0.1) is 0 Å². The van der Waals surface area contributed by atoms with Crippen molar-refractivity contribution in [3.05, 3.63) is 62.8 Å². The Labute approximate surface area is 177 Å². The van der Waals surface area contributed by atoms with Crippen LogP contribution in [-0.2, 0) is 24.1 Å². The molecule has 2 heterocycles. The van der Waals surface area contributed by atoms with E-state index in [9.17, 15) is 9.59 Å². The van der Waals surface area contributed by atoms with Crippen molar-refractivity contribution in [1.82, 2.24) is 15.8 Å². The fourth-order valence-corrected chi connectivity index (χ4v) is 4.66. The van der Waals surface area contributed by atoms with E-state index < -0.39 is 0 Å². The molecular weight excluding hydrogens is 410 g/mol. The van der Waals surface area contributed by atoms with Crippen LogP contribution in [0.25, 0.3) is 11.3 Å². The molecule has 0 radical (unpaired) electrons. The van der Waals surface area contributed by atoms with Gasteiger partial charge in [0.05, 0.1) is 16.1 Å². The largest absolute Gasteiger partial charge is 0.441 e. The Morgan fingerprint density at radius 2 is 2.00 bits per heavy atom. The molecule has 4 rings (SSSR count). The lowest BCUT2D eigenvalue weighted by atomic mass is 9.99. The summed E-state index contributed by atoms with van der Waals surface area (Å²) >= 11 is 7.67. The maximum Gasteiger partial charge on any atom is 0.279 e. The SMILES string of the molecule is O=C(CCc1ncc(-c2ccccc2Cl)o1)NNC(=O)c1cc2c(s1)CCCC2. The maximum absolute atomic E-state index is 12.3. The zero-order valence-electron chi connectivity index (χ0n) is 15.7. The third-order valence-corrected chi connectivity index (χ3v) is 6.36. The maximum atomic E-state index is 12.3. The van der Waals surface area contributed by atoms with Crippen LogP contribution in [0.4, 0.5) is 0 Å². The molecule has 6 nitrogen and oxygen atoms in total. The number of nitrogens with zero attached hydrogens (tertiary/aromatic N) is 1. The van der Waals surface area contributed by atoms with Gasteiger partial charge in [-0.15, -0.1) is 11.3 Å². The number of carbonyl (C=O) groups is 2. The van der Waals surface area contributed by atoms with Crippen LogP contribution in [-0.4, -0.2) is 16.8 Å². The number of nitrogens with one attached hydrogen (secondary N) is 2. The summed E-state index contributed by atoms with van der Waals surface area (Å²) < 4.78 is 5.68. The van der Waals surface area contributed by atoms with Crippen molar-refractivity contribution in [1.29, 1.82) is 0 Å². The van der Waals surface area contributed by atoms with Crippen molar-refractivity contribution in [3.63, 3.8) is 0 Å². The second-order valence-electron chi connectivity index (χ2n) is 6.87. The first kappa shape index (κ1) is 19.7. The molecule has 150 valence electrons. The summed E-state index contributed by atoms with van der Waals surface area (Å²) in [6.07, 6.45) is 6.45. The number of amides is 2. The molecule has 8 heteroatoms. The van der Waals surface area contributed by atoms with Crippen LogP contribution in [0.5, 0.6) is 0 Å². The minimum atomic E-state index is -0.308. The highest BCUT2D eigenvalue weighted by Crippen LogP contribution is 2.30. The van der Waals surface area contributed by atoms with E-state index in [0.717, 1.165) is 18.4 Å². The number of rotatable bonds is 5. The van der Waals surface area contributed by atoms with E-state index in [-0.39, 0.29) is 18.2 Å². The molecule has 0 spiro atoms. The Hall–Kier alpha value is -2.64. The van der Waals surface area contributed by atoms with Gasteiger partial charge in [0.2, 0.25) is 5.91 Å². The smallest absolute Gasteiger partial charge is 0.279 e. The lowest BCUT2D eigenvalue weighted by molar-refractivity contribution is -0.121. The molecule has 0 unspecified atom stereocenters. The number of hydrogen-bond donors (Lipinski definition) is 2. The van der Waals surface area contributed by atoms with Gasteiger partial charge in [-0.05, 0) is 49.4 Å². The van der Waals surface area contributed by atoms with E-state index in [2.05, 4.69) is 15.8 Å². The Kier molecular flexibility index (Phi) is 5.97. The lowest BCUT2D eigenvalue weighted by Gasteiger charge is -2.08. The summed E-state index contributed by atoms with van der Waals surface area (Å²) in [6, 6.07) is 9.26. The molecule has 2 N–H and O–H groups in total. The van der Waals surface area contributed by atoms with Crippen LogP contribution in [0.2, 0.25) is 5.02 Å². The molecule has 3 aromatic rings. The summed E-state index contributed by atoms with van der Waals surface area (Å²) in [4.78, 5) is 30.5. The highest BCUT2D eigenvalue weighted by atomic mass is 35.5. The molecule has 1 aliphatic rings. The number of fused-ring (bicyclic) bond motifs is 1. The van der Waals surface area contributed by atoms with Gasteiger partial charge in [-0.25, -0.2) is 4.98 Å². The van der Waals surface area contributed by atoms with E-state index in [1.165, 1.54) is 34.6 Å². The number of halogens is 1. The van der Waals surface area contributed by atoms with Crippen molar-refractivity contribution in [2.45, 2.75) is 38.5 Å². The molecule has 2 aromatic heterocycles. The van der Waals surface area contributed by atoms with Gasteiger partial charge in [0.25, 0.3) is 5.91 Å². The molecule has 1 aromatic carbocycles. The van der Waals surface area contributed by atoms with Crippen molar-refractivity contribution < 1.29 is 14.0 Å². The first-order valence-electron chi connectivity index (χ1n) is 9.50. The van der Waals surface area contributed by atoms with Gasteiger partial charge in [0, 0.05) is 23.3 Å². The molecule has 0 bridgehead atoms. The molecule has 2 amide bonds. The fraction of sp³-hybridized carbons (Fsp3) is 0.286. The number of aryl methyl sites for hydroxylation is 3. The van der Waals surface area contributed by atoms with Crippen LogP contribution in [0.15, 0.2) is 40.9 Å². The van der Waals surface area contributed by atoms with Gasteiger partial charge in [0.15, 0.2) is 11.7 Å². The Balaban J connectivity index is 1.27. The summed E-state index contributed by atoms with van der Waals surface area (Å²) in [6.45, 7) is 0. The van der Waals surface area contributed by atoms with Crippen molar-refractivity contribution in [3.8, 4) is 11.3 Å². The monoisotopic (exact) mass is 429 g/mol. The number of oxazole rings is 1. The number of thiophene rings is 1. The number of hydrazine groups is 1. The topological polar surface area (TPSA) is 84.2 Å². The van der Waals surface area contributed by atoms with Crippen molar-refractivity contribution in [2.75, 3.05) is 0 Å². The second kappa shape index (κ2) is 8.80. The highest BCUT2D eigenvalue weighted by molar-refractivity contribution is 7.14. The Morgan fingerprint density at radius 1 is 1.17 bits per heavy atom. The van der Waals surface area contributed by atoms with Crippen LogP contribution in [0.1, 0.15) is 45.3 Å². The molecule has 0 fully saturated rings. The first-order valence-corrected chi connectivity index (χ1v) is 10.7. The van der Waals surface area contributed by atoms with Crippen molar-refractivity contribution in [2.24, 2.45) is 0 Å².